The van der Waals surface area contributed by atoms with Gasteiger partial charge in [0.05, 0.1) is 5.69 Å². The van der Waals surface area contributed by atoms with Crippen LogP contribution in [0.4, 0.5) is 0 Å². The normalized spacial score (nSPS) is 22.9. The van der Waals surface area contributed by atoms with Crippen molar-refractivity contribution in [3.05, 3.63) is 87.8 Å². The molecular weight excluding hydrogens is 320 g/mol. The lowest BCUT2D eigenvalue weighted by Crippen LogP contribution is -2.37. The molecule has 1 heterocycles. The SMILES string of the molecule is Cc1noc(C)c1CNCC1CC2c3ccccc3C1c1ccccc12. The fourth-order valence-electron chi connectivity index (χ4n) is 5.10. The molecule has 3 aliphatic rings. The van der Waals surface area contributed by atoms with Crippen molar-refractivity contribution < 1.29 is 4.52 Å². The third-order valence-electron chi connectivity index (χ3n) is 6.31. The molecular formula is C23H24N2O. The second kappa shape index (κ2) is 6.10. The molecule has 0 saturated heterocycles. The van der Waals surface area contributed by atoms with Gasteiger partial charge in [0.15, 0.2) is 0 Å². The summed E-state index contributed by atoms with van der Waals surface area (Å²) in [6.45, 7) is 5.86. The maximum absolute atomic E-state index is 5.29. The molecule has 0 radical (unpaired) electrons. The van der Waals surface area contributed by atoms with Crippen LogP contribution >= 0.6 is 0 Å². The molecule has 3 aromatic rings. The van der Waals surface area contributed by atoms with E-state index in [4.69, 9.17) is 4.52 Å². The molecule has 2 aromatic carbocycles. The molecule has 0 fully saturated rings. The second-order valence-electron chi connectivity index (χ2n) is 7.72. The van der Waals surface area contributed by atoms with Crippen LogP contribution in [-0.4, -0.2) is 11.7 Å². The van der Waals surface area contributed by atoms with Crippen molar-refractivity contribution >= 4 is 0 Å². The van der Waals surface area contributed by atoms with E-state index in [0.29, 0.717) is 17.8 Å². The van der Waals surface area contributed by atoms with Gasteiger partial charge in [0.2, 0.25) is 0 Å². The first-order valence-corrected chi connectivity index (χ1v) is 9.54. The minimum atomic E-state index is 0.504. The standard InChI is InChI=1S/C23H24N2O/c1-14-22(15(2)26-25-14)13-24-12-16-11-21-17-7-3-5-9-19(17)23(16)20-10-6-4-8-18(20)21/h3-10,16,21,23-24H,11-13H2,1-2H3. The largest absolute Gasteiger partial charge is 0.361 e. The van der Waals surface area contributed by atoms with E-state index in [1.54, 1.807) is 0 Å². The topological polar surface area (TPSA) is 38.1 Å². The Bertz CT molecular complexity index is 891. The highest BCUT2D eigenvalue weighted by atomic mass is 16.5. The van der Waals surface area contributed by atoms with Crippen molar-refractivity contribution in [1.29, 1.82) is 0 Å². The van der Waals surface area contributed by atoms with E-state index in [1.165, 1.54) is 34.2 Å². The Morgan fingerprint density at radius 3 is 2.15 bits per heavy atom. The van der Waals surface area contributed by atoms with Crippen molar-refractivity contribution in [2.75, 3.05) is 6.54 Å². The van der Waals surface area contributed by atoms with Gasteiger partial charge in [-0.25, -0.2) is 0 Å². The van der Waals surface area contributed by atoms with Gasteiger partial charge >= 0.3 is 0 Å². The Kier molecular flexibility index (Phi) is 3.71. The smallest absolute Gasteiger partial charge is 0.138 e. The van der Waals surface area contributed by atoms with Crippen LogP contribution in [0.15, 0.2) is 53.1 Å². The summed E-state index contributed by atoms with van der Waals surface area (Å²) in [7, 11) is 0. The molecule has 0 spiro atoms. The lowest BCUT2D eigenvalue weighted by molar-refractivity contribution is 0.338. The number of benzene rings is 2. The highest BCUT2D eigenvalue weighted by molar-refractivity contribution is 5.55. The maximum atomic E-state index is 5.29. The van der Waals surface area contributed by atoms with Gasteiger partial charge in [-0.3, -0.25) is 0 Å². The van der Waals surface area contributed by atoms with Crippen LogP contribution in [0.25, 0.3) is 0 Å². The van der Waals surface area contributed by atoms with Crippen molar-refractivity contribution in [2.24, 2.45) is 5.92 Å². The van der Waals surface area contributed by atoms with E-state index in [0.717, 1.165) is 24.5 Å². The molecule has 1 aromatic heterocycles. The zero-order valence-electron chi connectivity index (χ0n) is 15.3. The van der Waals surface area contributed by atoms with Crippen molar-refractivity contribution in [1.82, 2.24) is 10.5 Å². The number of rotatable bonds is 4. The number of hydrogen-bond acceptors (Lipinski definition) is 3. The van der Waals surface area contributed by atoms with Crippen molar-refractivity contribution in [2.45, 2.75) is 38.6 Å². The van der Waals surface area contributed by atoms with Gasteiger partial charge in [0, 0.05) is 23.9 Å². The Morgan fingerprint density at radius 2 is 1.58 bits per heavy atom. The monoisotopic (exact) mass is 344 g/mol. The quantitative estimate of drug-likeness (QED) is 0.747. The zero-order chi connectivity index (χ0) is 17.7. The van der Waals surface area contributed by atoms with Gasteiger partial charge in [0.1, 0.15) is 5.76 Å². The molecule has 1 unspecified atom stereocenters. The molecule has 3 nitrogen and oxygen atoms in total. The maximum Gasteiger partial charge on any atom is 0.138 e. The molecule has 0 saturated carbocycles. The number of nitrogens with zero attached hydrogens (tertiary/aromatic N) is 1. The van der Waals surface area contributed by atoms with Gasteiger partial charge in [0.25, 0.3) is 0 Å². The van der Waals surface area contributed by atoms with Gasteiger partial charge in [-0.15, -0.1) is 0 Å². The summed E-state index contributed by atoms with van der Waals surface area (Å²) >= 11 is 0. The number of aryl methyl sites for hydroxylation is 2. The number of hydrogen-bond donors (Lipinski definition) is 1. The molecule has 2 bridgehead atoms. The van der Waals surface area contributed by atoms with Gasteiger partial charge in [-0.1, -0.05) is 53.7 Å². The van der Waals surface area contributed by atoms with Gasteiger partial charge < -0.3 is 9.84 Å². The molecule has 0 aliphatic heterocycles. The van der Waals surface area contributed by atoms with E-state index in [1.807, 2.05) is 13.8 Å². The fraction of sp³-hybridized carbons (Fsp3) is 0.348. The minimum Gasteiger partial charge on any atom is -0.361 e. The van der Waals surface area contributed by atoms with E-state index in [9.17, 15) is 0 Å². The summed E-state index contributed by atoms with van der Waals surface area (Å²) in [4.78, 5) is 0. The molecule has 26 heavy (non-hydrogen) atoms. The minimum absolute atomic E-state index is 0.504. The lowest BCUT2D eigenvalue weighted by Gasteiger charge is -2.45. The summed E-state index contributed by atoms with van der Waals surface area (Å²) < 4.78 is 5.29. The molecule has 1 atom stereocenters. The zero-order valence-corrected chi connectivity index (χ0v) is 15.3. The molecule has 0 amide bonds. The van der Waals surface area contributed by atoms with Crippen molar-refractivity contribution in [3.63, 3.8) is 0 Å². The van der Waals surface area contributed by atoms with Crippen LogP contribution in [0, 0.1) is 19.8 Å². The van der Waals surface area contributed by atoms with Gasteiger partial charge in [-0.05, 0) is 55.0 Å². The molecule has 3 heteroatoms. The molecule has 6 rings (SSSR count). The van der Waals surface area contributed by atoms with E-state index in [-0.39, 0.29) is 0 Å². The number of aromatic nitrogens is 1. The van der Waals surface area contributed by atoms with Gasteiger partial charge in [-0.2, -0.15) is 0 Å². The van der Waals surface area contributed by atoms with E-state index in [2.05, 4.69) is 59.0 Å². The van der Waals surface area contributed by atoms with Crippen LogP contribution in [0.3, 0.4) is 0 Å². The number of fused-ring (bicyclic) bond motifs is 1. The van der Waals surface area contributed by atoms with Crippen LogP contribution in [0.1, 0.15) is 57.5 Å². The van der Waals surface area contributed by atoms with Crippen LogP contribution in [-0.2, 0) is 6.54 Å². The average molecular weight is 344 g/mol. The summed E-state index contributed by atoms with van der Waals surface area (Å²) in [6, 6.07) is 18.1. The predicted molar refractivity (Wildman–Crippen MR) is 102 cm³/mol. The first kappa shape index (κ1) is 15.8. The van der Waals surface area contributed by atoms with E-state index < -0.39 is 0 Å². The third-order valence-corrected chi connectivity index (χ3v) is 6.31. The first-order valence-electron chi connectivity index (χ1n) is 9.54. The fourth-order valence-corrected chi connectivity index (χ4v) is 5.10. The van der Waals surface area contributed by atoms with Crippen LogP contribution in [0.2, 0.25) is 0 Å². The number of nitrogens with one attached hydrogen (secondary N) is 1. The summed E-state index contributed by atoms with van der Waals surface area (Å²) in [5.41, 5.74) is 8.34. The third kappa shape index (κ3) is 2.34. The lowest BCUT2D eigenvalue weighted by atomic mass is 9.59. The summed E-state index contributed by atoms with van der Waals surface area (Å²) in [5, 5.41) is 7.75. The summed E-state index contributed by atoms with van der Waals surface area (Å²) in [5.74, 6) is 2.60. The highest BCUT2D eigenvalue weighted by Gasteiger charge is 2.42. The highest BCUT2D eigenvalue weighted by Crippen LogP contribution is 2.55. The molecule has 3 aliphatic carbocycles. The average Bonchev–Trinajstić information content (AvgIpc) is 3.00. The Balaban J connectivity index is 1.42. The predicted octanol–water partition coefficient (Wildman–Crippen LogP) is 4.68. The van der Waals surface area contributed by atoms with Crippen LogP contribution < -0.4 is 5.32 Å². The Hall–Kier alpha value is -2.39. The second-order valence-corrected chi connectivity index (χ2v) is 7.72. The van der Waals surface area contributed by atoms with E-state index >= 15 is 0 Å². The Morgan fingerprint density at radius 1 is 0.962 bits per heavy atom. The molecule has 132 valence electrons. The molecule has 1 N–H and O–H groups in total. The first-order chi connectivity index (χ1) is 12.7. The summed E-state index contributed by atoms with van der Waals surface area (Å²) in [6.07, 6.45) is 1.23. The Labute approximate surface area is 154 Å². The van der Waals surface area contributed by atoms with Crippen molar-refractivity contribution in [3.8, 4) is 0 Å². The van der Waals surface area contributed by atoms with Crippen LogP contribution in [0.5, 0.6) is 0 Å².